The van der Waals surface area contributed by atoms with E-state index in [2.05, 4.69) is 36.9 Å². The molecule has 2 aromatic rings. The minimum absolute atomic E-state index is 0.0176. The molecule has 0 N–H and O–H groups in total. The van der Waals surface area contributed by atoms with E-state index in [1.165, 1.54) is 21.6 Å². The van der Waals surface area contributed by atoms with Gasteiger partial charge in [0.2, 0.25) is 11.8 Å². The molecule has 27 heavy (non-hydrogen) atoms. The number of benzene rings is 2. The molecule has 0 aromatic heterocycles. The van der Waals surface area contributed by atoms with Crippen molar-refractivity contribution < 1.29 is 9.59 Å². The highest BCUT2D eigenvalue weighted by Crippen LogP contribution is 2.34. The summed E-state index contributed by atoms with van der Waals surface area (Å²) in [5.74, 6) is -0.300. The number of hydrogen-bond acceptors (Lipinski definition) is 3. The number of imide groups is 1. The maximum absolute atomic E-state index is 12.8. The second-order valence-electron chi connectivity index (χ2n) is 7.90. The predicted octanol–water partition coefficient (Wildman–Crippen LogP) is 2.96. The normalized spacial score (nSPS) is 22.5. The Morgan fingerprint density at radius 1 is 0.926 bits per heavy atom. The lowest BCUT2D eigenvalue weighted by molar-refractivity contribution is -0.140. The number of amides is 2. The van der Waals surface area contributed by atoms with Crippen LogP contribution in [0.25, 0.3) is 0 Å². The maximum Gasteiger partial charge on any atom is 0.234 e. The molecule has 2 atom stereocenters. The highest BCUT2D eigenvalue weighted by atomic mass is 16.2. The Morgan fingerprint density at radius 2 is 1.59 bits per heavy atom. The lowest BCUT2D eigenvalue weighted by Crippen LogP contribution is -2.37. The van der Waals surface area contributed by atoms with Gasteiger partial charge in [0.1, 0.15) is 0 Å². The molecule has 0 bridgehead atoms. The summed E-state index contributed by atoms with van der Waals surface area (Å²) in [6.07, 6.45) is 0.726. The Kier molecular flexibility index (Phi) is 4.83. The molecule has 4 heteroatoms. The van der Waals surface area contributed by atoms with Crippen LogP contribution in [0.3, 0.4) is 0 Å². The fourth-order valence-electron chi connectivity index (χ4n) is 4.39. The maximum atomic E-state index is 12.8. The fourth-order valence-corrected chi connectivity index (χ4v) is 4.39. The van der Waals surface area contributed by atoms with E-state index in [1.807, 2.05) is 30.3 Å². The van der Waals surface area contributed by atoms with E-state index in [9.17, 15) is 9.59 Å². The van der Waals surface area contributed by atoms with Crippen molar-refractivity contribution in [2.24, 2.45) is 11.8 Å². The van der Waals surface area contributed by atoms with Crippen LogP contribution in [0, 0.1) is 25.7 Å². The summed E-state index contributed by atoms with van der Waals surface area (Å²) in [7, 11) is 0. The summed E-state index contributed by atoms with van der Waals surface area (Å²) in [5, 5.41) is 0. The van der Waals surface area contributed by atoms with Crippen LogP contribution in [0.1, 0.15) is 22.3 Å². The molecule has 0 radical (unpaired) electrons. The Morgan fingerprint density at radius 3 is 2.22 bits per heavy atom. The first-order chi connectivity index (χ1) is 13.0. The predicted molar refractivity (Wildman–Crippen MR) is 105 cm³/mol. The van der Waals surface area contributed by atoms with Crippen LogP contribution in [0.2, 0.25) is 0 Å². The van der Waals surface area contributed by atoms with Gasteiger partial charge in [-0.1, -0.05) is 54.1 Å². The first kappa shape index (κ1) is 17.9. The monoisotopic (exact) mass is 362 g/mol. The van der Waals surface area contributed by atoms with E-state index in [0.717, 1.165) is 18.5 Å². The third kappa shape index (κ3) is 3.54. The zero-order valence-corrected chi connectivity index (χ0v) is 16.0. The summed E-state index contributed by atoms with van der Waals surface area (Å²) in [5.41, 5.74) is 4.97. The van der Waals surface area contributed by atoms with E-state index in [1.54, 1.807) is 0 Å². The average molecular weight is 362 g/mol. The average Bonchev–Trinajstić information content (AvgIpc) is 3.16. The highest BCUT2D eigenvalue weighted by molar-refractivity contribution is 6.05. The first-order valence-corrected chi connectivity index (χ1v) is 9.70. The number of rotatable bonds is 5. The standard InChI is InChI=1S/C23H26N2O2/c1-16-8-9-19(17(2)12-16)13-24-14-20-21(15-24)23(27)25(22(20)26)11-10-18-6-4-3-5-7-18/h3-9,12,20-21H,10-11,13-15H2,1-2H3/t20-,21+. The lowest BCUT2D eigenvalue weighted by atomic mass is 10.00. The summed E-state index contributed by atoms with van der Waals surface area (Å²) in [6, 6.07) is 16.5. The Hall–Kier alpha value is -2.46. The Bertz CT molecular complexity index is 838. The van der Waals surface area contributed by atoms with Crippen molar-refractivity contribution in [1.82, 2.24) is 9.80 Å². The van der Waals surface area contributed by atoms with Crippen molar-refractivity contribution in [3.8, 4) is 0 Å². The third-order valence-electron chi connectivity index (χ3n) is 5.92. The van der Waals surface area contributed by atoms with Gasteiger partial charge in [-0.15, -0.1) is 0 Å². The Balaban J connectivity index is 1.39. The second-order valence-corrected chi connectivity index (χ2v) is 7.90. The zero-order valence-electron chi connectivity index (χ0n) is 16.0. The van der Waals surface area contributed by atoms with Gasteiger partial charge in [0.25, 0.3) is 0 Å². The molecule has 2 heterocycles. The van der Waals surface area contributed by atoms with E-state index in [0.29, 0.717) is 19.6 Å². The molecule has 2 amide bonds. The van der Waals surface area contributed by atoms with Crippen LogP contribution in [0.5, 0.6) is 0 Å². The smallest absolute Gasteiger partial charge is 0.234 e. The van der Waals surface area contributed by atoms with Crippen LogP contribution in [-0.4, -0.2) is 41.2 Å². The molecule has 0 aliphatic carbocycles. The summed E-state index contributed by atoms with van der Waals surface area (Å²) >= 11 is 0. The van der Waals surface area contributed by atoms with E-state index in [-0.39, 0.29) is 23.7 Å². The van der Waals surface area contributed by atoms with Gasteiger partial charge in [-0.05, 0) is 37.0 Å². The van der Waals surface area contributed by atoms with Gasteiger partial charge < -0.3 is 0 Å². The third-order valence-corrected chi connectivity index (χ3v) is 5.92. The number of hydrogen-bond donors (Lipinski definition) is 0. The van der Waals surface area contributed by atoms with Gasteiger partial charge in [0.15, 0.2) is 0 Å². The van der Waals surface area contributed by atoms with E-state index < -0.39 is 0 Å². The number of fused-ring (bicyclic) bond motifs is 1. The van der Waals surface area contributed by atoms with Crippen LogP contribution in [0.4, 0.5) is 0 Å². The molecule has 2 fully saturated rings. The second kappa shape index (κ2) is 7.28. The first-order valence-electron chi connectivity index (χ1n) is 9.70. The van der Waals surface area contributed by atoms with Gasteiger partial charge >= 0.3 is 0 Å². The number of aryl methyl sites for hydroxylation is 2. The van der Waals surface area contributed by atoms with Gasteiger partial charge in [0, 0.05) is 26.2 Å². The van der Waals surface area contributed by atoms with Gasteiger partial charge in [-0.3, -0.25) is 19.4 Å². The quantitative estimate of drug-likeness (QED) is 0.768. The van der Waals surface area contributed by atoms with E-state index in [4.69, 9.17) is 0 Å². The van der Waals surface area contributed by atoms with Crippen molar-refractivity contribution in [2.75, 3.05) is 19.6 Å². The molecule has 2 aromatic carbocycles. The number of carbonyl (C=O) groups excluding carboxylic acids is 2. The highest BCUT2D eigenvalue weighted by Gasteiger charge is 2.51. The zero-order chi connectivity index (χ0) is 19.0. The summed E-state index contributed by atoms with van der Waals surface area (Å²) in [6.45, 7) is 6.89. The van der Waals surface area contributed by atoms with Crippen molar-refractivity contribution in [3.63, 3.8) is 0 Å². The largest absolute Gasteiger partial charge is 0.297 e. The molecule has 0 unspecified atom stereocenters. The topological polar surface area (TPSA) is 40.6 Å². The minimum atomic E-state index is -0.168. The van der Waals surface area contributed by atoms with Gasteiger partial charge in [-0.2, -0.15) is 0 Å². The summed E-state index contributed by atoms with van der Waals surface area (Å²) in [4.78, 5) is 29.4. The molecule has 2 aliphatic heterocycles. The molecule has 2 saturated heterocycles. The van der Waals surface area contributed by atoms with Crippen LogP contribution >= 0.6 is 0 Å². The molecule has 4 nitrogen and oxygen atoms in total. The number of carbonyl (C=O) groups is 2. The number of nitrogens with zero attached hydrogens (tertiary/aromatic N) is 2. The molecule has 0 spiro atoms. The van der Waals surface area contributed by atoms with Crippen LogP contribution < -0.4 is 0 Å². The molecule has 0 saturated carbocycles. The molecular weight excluding hydrogens is 336 g/mol. The number of likely N-dealkylation sites (tertiary alicyclic amines) is 2. The fraction of sp³-hybridized carbons (Fsp3) is 0.391. The van der Waals surface area contributed by atoms with Crippen LogP contribution in [-0.2, 0) is 22.6 Å². The Labute approximate surface area is 160 Å². The summed E-state index contributed by atoms with van der Waals surface area (Å²) < 4.78 is 0. The van der Waals surface area contributed by atoms with Crippen molar-refractivity contribution in [2.45, 2.75) is 26.8 Å². The molecule has 4 rings (SSSR count). The van der Waals surface area contributed by atoms with Crippen molar-refractivity contribution in [1.29, 1.82) is 0 Å². The molecule has 2 aliphatic rings. The lowest BCUT2D eigenvalue weighted by Gasteiger charge is -2.21. The molecular formula is C23H26N2O2. The van der Waals surface area contributed by atoms with Gasteiger partial charge in [-0.25, -0.2) is 0 Å². The van der Waals surface area contributed by atoms with Crippen LogP contribution in [0.15, 0.2) is 48.5 Å². The minimum Gasteiger partial charge on any atom is -0.297 e. The van der Waals surface area contributed by atoms with Crippen molar-refractivity contribution >= 4 is 11.8 Å². The van der Waals surface area contributed by atoms with E-state index >= 15 is 0 Å². The SMILES string of the molecule is Cc1ccc(CN2C[C@@H]3C(=O)N(CCc4ccccc4)C(=O)[C@@H]3C2)c(C)c1. The van der Waals surface area contributed by atoms with Gasteiger partial charge in [0.05, 0.1) is 11.8 Å². The molecule has 140 valence electrons. The van der Waals surface area contributed by atoms with Crippen molar-refractivity contribution in [3.05, 3.63) is 70.8 Å².